The fourth-order valence-corrected chi connectivity index (χ4v) is 4.81. The summed E-state index contributed by atoms with van der Waals surface area (Å²) in [6.45, 7) is 8.62. The number of hydrogen-bond acceptors (Lipinski definition) is 5. The first-order valence-corrected chi connectivity index (χ1v) is 13.4. The molecule has 4 rings (SSSR count). The molecular weight excluding hydrogens is 474 g/mol. The highest BCUT2D eigenvalue weighted by Crippen LogP contribution is 2.28. The van der Waals surface area contributed by atoms with Gasteiger partial charge in [0.2, 0.25) is 5.91 Å². The third kappa shape index (κ3) is 6.98. The number of fused-ring (bicyclic) bond motifs is 1. The number of rotatable bonds is 11. The van der Waals surface area contributed by atoms with Crippen LogP contribution in [0.5, 0.6) is 0 Å². The molecule has 1 aromatic heterocycles. The molecular formula is C31H39N5O2. The third-order valence-electron chi connectivity index (χ3n) is 7.10. The van der Waals surface area contributed by atoms with Crippen LogP contribution >= 0.6 is 0 Å². The minimum atomic E-state index is -0.0797. The van der Waals surface area contributed by atoms with Crippen molar-refractivity contribution in [3.05, 3.63) is 83.7 Å². The number of anilines is 1. The summed E-state index contributed by atoms with van der Waals surface area (Å²) in [6.07, 6.45) is 5.58. The molecule has 0 bridgehead atoms. The van der Waals surface area contributed by atoms with Gasteiger partial charge in [-0.3, -0.25) is 19.6 Å². The van der Waals surface area contributed by atoms with Gasteiger partial charge in [-0.2, -0.15) is 0 Å². The first kappa shape index (κ1) is 27.3. The topological polar surface area (TPSA) is 68.8 Å². The van der Waals surface area contributed by atoms with E-state index in [1.54, 1.807) is 11.2 Å². The Kier molecular flexibility index (Phi) is 9.13. The molecule has 2 aromatic carbocycles. The van der Waals surface area contributed by atoms with Gasteiger partial charge in [0.25, 0.3) is 5.91 Å². The molecule has 0 spiro atoms. The van der Waals surface area contributed by atoms with E-state index in [-0.39, 0.29) is 24.9 Å². The second-order valence-electron chi connectivity index (χ2n) is 10.5. The van der Waals surface area contributed by atoms with Gasteiger partial charge in [-0.25, -0.2) is 5.01 Å². The van der Waals surface area contributed by atoms with E-state index in [4.69, 9.17) is 0 Å². The van der Waals surface area contributed by atoms with E-state index < -0.39 is 0 Å². The molecule has 0 saturated heterocycles. The van der Waals surface area contributed by atoms with Gasteiger partial charge in [-0.15, -0.1) is 0 Å². The summed E-state index contributed by atoms with van der Waals surface area (Å²) in [4.78, 5) is 32.7. The standard InChI is InChI=1S/C31H39N5O2/c1-23(2)9-7-16-33-30(37)21-35(29-17-25(14-13-24(29)3)26-12-8-15-32-18-26)22-31(38)34(4)36-19-27-10-5-6-11-28(27)20-36/h5-6,8,10-15,17-18,23H,7,9,16,19-22H2,1-4H3,(H,33,37). The van der Waals surface area contributed by atoms with Gasteiger partial charge in [-0.05, 0) is 60.1 Å². The summed E-state index contributed by atoms with van der Waals surface area (Å²) < 4.78 is 0. The van der Waals surface area contributed by atoms with Crippen LogP contribution in [0.15, 0.2) is 67.0 Å². The zero-order chi connectivity index (χ0) is 27.1. The summed E-state index contributed by atoms with van der Waals surface area (Å²) in [5.74, 6) is 0.465. The summed E-state index contributed by atoms with van der Waals surface area (Å²) in [7, 11) is 1.82. The Morgan fingerprint density at radius 1 is 1.00 bits per heavy atom. The number of carbonyl (C=O) groups is 2. The fourth-order valence-electron chi connectivity index (χ4n) is 4.81. The summed E-state index contributed by atoms with van der Waals surface area (Å²) in [6, 6.07) is 18.3. The monoisotopic (exact) mass is 513 g/mol. The average Bonchev–Trinajstić information content (AvgIpc) is 3.35. The largest absolute Gasteiger partial charge is 0.355 e. The van der Waals surface area contributed by atoms with Crippen molar-refractivity contribution < 1.29 is 9.59 Å². The smallest absolute Gasteiger partial charge is 0.256 e. The zero-order valence-corrected chi connectivity index (χ0v) is 23.0. The number of nitrogens with zero attached hydrogens (tertiary/aromatic N) is 4. The molecule has 0 unspecified atom stereocenters. The molecule has 7 heteroatoms. The van der Waals surface area contributed by atoms with Crippen molar-refractivity contribution in [2.75, 3.05) is 31.6 Å². The van der Waals surface area contributed by atoms with Gasteiger partial charge in [0.05, 0.1) is 13.1 Å². The number of pyridine rings is 1. The molecule has 0 saturated carbocycles. The maximum Gasteiger partial charge on any atom is 0.256 e. The van der Waals surface area contributed by atoms with Crippen molar-refractivity contribution in [1.82, 2.24) is 20.3 Å². The zero-order valence-electron chi connectivity index (χ0n) is 23.0. The quantitative estimate of drug-likeness (QED) is 0.373. The number of hydrogen-bond donors (Lipinski definition) is 1. The van der Waals surface area contributed by atoms with Crippen molar-refractivity contribution in [3.63, 3.8) is 0 Å². The lowest BCUT2D eigenvalue weighted by Gasteiger charge is -2.32. The van der Waals surface area contributed by atoms with Crippen molar-refractivity contribution in [3.8, 4) is 11.1 Å². The van der Waals surface area contributed by atoms with Crippen LogP contribution in [-0.2, 0) is 22.7 Å². The molecule has 0 fully saturated rings. The van der Waals surface area contributed by atoms with Gasteiger partial charge < -0.3 is 10.2 Å². The summed E-state index contributed by atoms with van der Waals surface area (Å²) in [5.41, 5.74) is 6.35. The number of aromatic nitrogens is 1. The van der Waals surface area contributed by atoms with Crippen LogP contribution in [0, 0.1) is 12.8 Å². The van der Waals surface area contributed by atoms with Gasteiger partial charge >= 0.3 is 0 Å². The van der Waals surface area contributed by atoms with Crippen molar-refractivity contribution >= 4 is 17.5 Å². The number of likely N-dealkylation sites (N-methyl/N-ethyl adjacent to an activating group) is 1. The predicted octanol–water partition coefficient (Wildman–Crippen LogP) is 4.81. The maximum absolute atomic E-state index is 13.5. The molecule has 1 aliphatic heterocycles. The molecule has 200 valence electrons. The second-order valence-corrected chi connectivity index (χ2v) is 10.5. The van der Waals surface area contributed by atoms with Gasteiger partial charge in [-0.1, -0.05) is 56.3 Å². The predicted molar refractivity (Wildman–Crippen MR) is 152 cm³/mol. The maximum atomic E-state index is 13.5. The highest BCUT2D eigenvalue weighted by molar-refractivity contribution is 5.87. The molecule has 0 radical (unpaired) electrons. The molecule has 2 amide bonds. The highest BCUT2D eigenvalue weighted by Gasteiger charge is 2.27. The number of nitrogens with one attached hydrogen (secondary N) is 1. The lowest BCUT2D eigenvalue weighted by Crippen LogP contribution is -2.48. The number of carbonyl (C=O) groups excluding carboxylic acids is 2. The highest BCUT2D eigenvalue weighted by atomic mass is 16.2. The molecule has 1 aliphatic rings. The van der Waals surface area contributed by atoms with Crippen molar-refractivity contribution in [1.29, 1.82) is 0 Å². The van der Waals surface area contributed by atoms with E-state index in [2.05, 4.69) is 53.4 Å². The molecule has 0 aliphatic carbocycles. The first-order chi connectivity index (χ1) is 18.3. The van der Waals surface area contributed by atoms with Crippen LogP contribution in [-0.4, -0.2) is 53.5 Å². The molecule has 3 aromatic rings. The lowest BCUT2D eigenvalue weighted by molar-refractivity contribution is -0.145. The van der Waals surface area contributed by atoms with E-state index in [1.165, 1.54) is 11.1 Å². The Morgan fingerprint density at radius 2 is 1.74 bits per heavy atom. The minimum Gasteiger partial charge on any atom is -0.355 e. The minimum absolute atomic E-state index is 0.0587. The van der Waals surface area contributed by atoms with E-state index in [1.807, 2.05) is 55.4 Å². The van der Waals surface area contributed by atoms with Crippen LogP contribution in [0.1, 0.15) is 43.4 Å². The van der Waals surface area contributed by atoms with E-state index in [9.17, 15) is 9.59 Å². The number of aryl methyl sites for hydroxylation is 1. The van der Waals surface area contributed by atoms with Crippen LogP contribution in [0.4, 0.5) is 5.69 Å². The van der Waals surface area contributed by atoms with Crippen molar-refractivity contribution in [2.45, 2.75) is 46.7 Å². The normalized spacial score (nSPS) is 12.9. The van der Waals surface area contributed by atoms with Crippen molar-refractivity contribution in [2.24, 2.45) is 5.92 Å². The molecule has 1 N–H and O–H groups in total. The fraction of sp³-hybridized carbons (Fsp3) is 0.387. The van der Waals surface area contributed by atoms with E-state index in [0.29, 0.717) is 25.6 Å². The van der Waals surface area contributed by atoms with Crippen LogP contribution in [0.25, 0.3) is 11.1 Å². The van der Waals surface area contributed by atoms with Crippen LogP contribution in [0.2, 0.25) is 0 Å². The van der Waals surface area contributed by atoms with Gasteiger partial charge in [0.15, 0.2) is 0 Å². The number of amides is 2. The Morgan fingerprint density at radius 3 is 2.39 bits per heavy atom. The molecule has 7 nitrogen and oxygen atoms in total. The Hall–Kier alpha value is -3.71. The first-order valence-electron chi connectivity index (χ1n) is 13.4. The van der Waals surface area contributed by atoms with Crippen LogP contribution in [0.3, 0.4) is 0 Å². The lowest BCUT2D eigenvalue weighted by atomic mass is 10.0. The Bertz CT molecular complexity index is 1220. The number of hydrazine groups is 1. The summed E-state index contributed by atoms with van der Waals surface area (Å²) >= 11 is 0. The molecule has 0 atom stereocenters. The third-order valence-corrected chi connectivity index (χ3v) is 7.10. The number of benzene rings is 2. The van der Waals surface area contributed by atoms with Gasteiger partial charge in [0, 0.05) is 50.3 Å². The summed E-state index contributed by atoms with van der Waals surface area (Å²) in [5, 5.41) is 6.80. The van der Waals surface area contributed by atoms with E-state index >= 15 is 0 Å². The van der Waals surface area contributed by atoms with E-state index in [0.717, 1.165) is 35.2 Å². The SMILES string of the molecule is Cc1ccc(-c2cccnc2)cc1N(CC(=O)NCCCC(C)C)CC(=O)N(C)N1Cc2ccccc2C1. The van der Waals surface area contributed by atoms with Gasteiger partial charge in [0.1, 0.15) is 0 Å². The second kappa shape index (κ2) is 12.7. The molecule has 2 heterocycles. The Labute approximate surface area is 226 Å². The average molecular weight is 514 g/mol. The molecule has 38 heavy (non-hydrogen) atoms. The van der Waals surface area contributed by atoms with Crippen LogP contribution < -0.4 is 10.2 Å². The Balaban J connectivity index is 1.52.